The first-order valence-corrected chi connectivity index (χ1v) is 7.88. The van der Waals surface area contributed by atoms with Crippen LogP contribution in [0.15, 0.2) is 24.3 Å². The lowest BCUT2D eigenvalue weighted by molar-refractivity contribution is -0.138. The van der Waals surface area contributed by atoms with E-state index < -0.39 is 5.97 Å². The van der Waals surface area contributed by atoms with E-state index in [1.807, 2.05) is 6.07 Å². The normalized spacial score (nSPS) is 22.1. The fourth-order valence-corrected chi connectivity index (χ4v) is 3.32. The lowest BCUT2D eigenvalue weighted by Gasteiger charge is -2.38. The zero-order valence-corrected chi connectivity index (χ0v) is 12.7. The molecule has 1 atom stereocenters. The highest BCUT2D eigenvalue weighted by atomic mass is 16.4. The van der Waals surface area contributed by atoms with Crippen LogP contribution in [0.4, 0.5) is 0 Å². The number of benzene rings is 1. The van der Waals surface area contributed by atoms with E-state index >= 15 is 0 Å². The van der Waals surface area contributed by atoms with Crippen molar-refractivity contribution >= 4 is 5.97 Å². The molecule has 114 valence electrons. The minimum absolute atomic E-state index is 0.0213. The number of nitrogens with zero attached hydrogens (tertiary/aromatic N) is 2. The van der Waals surface area contributed by atoms with Crippen molar-refractivity contribution in [2.45, 2.75) is 31.2 Å². The van der Waals surface area contributed by atoms with Gasteiger partial charge >= 0.3 is 5.97 Å². The van der Waals surface area contributed by atoms with Crippen LogP contribution in [0.3, 0.4) is 0 Å². The summed E-state index contributed by atoms with van der Waals surface area (Å²) in [6, 6.07) is 8.48. The molecule has 1 aromatic carbocycles. The van der Waals surface area contributed by atoms with E-state index in [0.717, 1.165) is 26.2 Å². The minimum Gasteiger partial charge on any atom is -0.481 e. The highest BCUT2D eigenvalue weighted by molar-refractivity contribution is 5.68. The van der Waals surface area contributed by atoms with Crippen molar-refractivity contribution < 1.29 is 9.90 Å². The van der Waals surface area contributed by atoms with Crippen molar-refractivity contribution in [2.75, 3.05) is 33.2 Å². The SMILES string of the molecule is CN1CCN(C(CC(=O)O)c2ccccc2C2CC2)CC1. The Morgan fingerprint density at radius 2 is 1.90 bits per heavy atom. The van der Waals surface area contributed by atoms with E-state index in [-0.39, 0.29) is 12.5 Å². The summed E-state index contributed by atoms with van der Waals surface area (Å²) in [6.45, 7) is 3.93. The third-order valence-corrected chi connectivity index (χ3v) is 4.72. The van der Waals surface area contributed by atoms with E-state index in [1.165, 1.54) is 24.0 Å². The Morgan fingerprint density at radius 1 is 1.24 bits per heavy atom. The molecule has 0 bridgehead atoms. The van der Waals surface area contributed by atoms with Crippen molar-refractivity contribution in [3.8, 4) is 0 Å². The van der Waals surface area contributed by atoms with Crippen LogP contribution in [-0.4, -0.2) is 54.1 Å². The first-order valence-electron chi connectivity index (χ1n) is 7.88. The second kappa shape index (κ2) is 6.16. The van der Waals surface area contributed by atoms with Crippen LogP contribution < -0.4 is 0 Å². The van der Waals surface area contributed by atoms with Crippen molar-refractivity contribution in [3.63, 3.8) is 0 Å². The molecule has 0 aromatic heterocycles. The van der Waals surface area contributed by atoms with E-state index in [0.29, 0.717) is 5.92 Å². The van der Waals surface area contributed by atoms with Gasteiger partial charge < -0.3 is 10.0 Å². The lowest BCUT2D eigenvalue weighted by atomic mass is 9.93. The molecule has 2 aliphatic rings. The summed E-state index contributed by atoms with van der Waals surface area (Å²) in [7, 11) is 2.13. The first kappa shape index (κ1) is 14.5. The van der Waals surface area contributed by atoms with Crippen molar-refractivity contribution in [3.05, 3.63) is 35.4 Å². The summed E-state index contributed by atoms with van der Waals surface area (Å²) in [6.07, 6.45) is 2.70. The maximum absolute atomic E-state index is 11.3. The molecule has 2 fully saturated rings. The molecular weight excluding hydrogens is 264 g/mol. The Labute approximate surface area is 126 Å². The van der Waals surface area contributed by atoms with E-state index in [9.17, 15) is 9.90 Å². The van der Waals surface area contributed by atoms with E-state index in [1.54, 1.807) is 0 Å². The van der Waals surface area contributed by atoms with Gasteiger partial charge in [-0.05, 0) is 36.9 Å². The number of piperazine rings is 1. The molecule has 0 radical (unpaired) electrons. The summed E-state index contributed by atoms with van der Waals surface area (Å²) in [5, 5.41) is 9.34. The smallest absolute Gasteiger partial charge is 0.305 e. The molecule has 1 N–H and O–H groups in total. The fraction of sp³-hybridized carbons (Fsp3) is 0.588. The summed E-state index contributed by atoms with van der Waals surface area (Å²) in [5.41, 5.74) is 2.62. The second-order valence-corrected chi connectivity index (χ2v) is 6.36. The maximum atomic E-state index is 11.3. The van der Waals surface area contributed by atoms with Crippen molar-refractivity contribution in [1.82, 2.24) is 9.80 Å². The average molecular weight is 288 g/mol. The number of likely N-dealkylation sites (N-methyl/N-ethyl adjacent to an activating group) is 1. The fourth-order valence-electron chi connectivity index (χ4n) is 3.32. The molecule has 1 aliphatic heterocycles. The van der Waals surface area contributed by atoms with Gasteiger partial charge in [0.1, 0.15) is 0 Å². The van der Waals surface area contributed by atoms with Gasteiger partial charge in [-0.15, -0.1) is 0 Å². The highest BCUT2D eigenvalue weighted by Crippen LogP contribution is 2.44. The van der Waals surface area contributed by atoms with E-state index in [4.69, 9.17) is 0 Å². The molecule has 21 heavy (non-hydrogen) atoms. The molecule has 1 saturated carbocycles. The number of hydrogen-bond donors (Lipinski definition) is 1. The number of rotatable bonds is 5. The van der Waals surface area contributed by atoms with Crippen LogP contribution in [-0.2, 0) is 4.79 Å². The van der Waals surface area contributed by atoms with Gasteiger partial charge in [0.2, 0.25) is 0 Å². The van der Waals surface area contributed by atoms with Crippen LogP contribution >= 0.6 is 0 Å². The Balaban J connectivity index is 1.86. The summed E-state index contributed by atoms with van der Waals surface area (Å²) in [4.78, 5) is 16.0. The van der Waals surface area contributed by atoms with Gasteiger partial charge in [0.05, 0.1) is 6.42 Å². The Kier molecular flexibility index (Phi) is 4.27. The molecule has 1 aromatic rings. The summed E-state index contributed by atoms with van der Waals surface area (Å²) >= 11 is 0. The van der Waals surface area contributed by atoms with Gasteiger partial charge in [0.15, 0.2) is 0 Å². The lowest BCUT2D eigenvalue weighted by Crippen LogP contribution is -2.46. The van der Waals surface area contributed by atoms with Gasteiger partial charge in [-0.1, -0.05) is 24.3 Å². The predicted octanol–water partition coefficient (Wildman–Crippen LogP) is 2.33. The van der Waals surface area contributed by atoms with Crippen LogP contribution in [0.1, 0.15) is 42.3 Å². The molecule has 0 amide bonds. The Bertz CT molecular complexity index is 505. The Morgan fingerprint density at radius 3 is 2.52 bits per heavy atom. The second-order valence-electron chi connectivity index (χ2n) is 6.36. The molecule has 4 heteroatoms. The summed E-state index contributed by atoms with van der Waals surface area (Å²) in [5.74, 6) is -0.0468. The van der Waals surface area contributed by atoms with Crippen LogP contribution in [0.2, 0.25) is 0 Å². The molecular formula is C17H24N2O2. The topological polar surface area (TPSA) is 43.8 Å². The number of aliphatic carboxylic acids is 1. The zero-order chi connectivity index (χ0) is 14.8. The quantitative estimate of drug-likeness (QED) is 0.903. The number of carboxylic acids is 1. The molecule has 0 spiro atoms. The predicted molar refractivity (Wildman–Crippen MR) is 82.5 cm³/mol. The van der Waals surface area contributed by atoms with Gasteiger partial charge in [-0.3, -0.25) is 9.69 Å². The van der Waals surface area contributed by atoms with Crippen molar-refractivity contribution in [2.24, 2.45) is 0 Å². The third kappa shape index (κ3) is 3.44. The van der Waals surface area contributed by atoms with Gasteiger partial charge in [0, 0.05) is 32.2 Å². The zero-order valence-electron chi connectivity index (χ0n) is 12.7. The third-order valence-electron chi connectivity index (χ3n) is 4.72. The van der Waals surface area contributed by atoms with Crippen molar-refractivity contribution in [1.29, 1.82) is 0 Å². The molecule has 1 aliphatic carbocycles. The average Bonchev–Trinajstić information content (AvgIpc) is 3.30. The molecule has 1 saturated heterocycles. The molecule has 1 unspecified atom stereocenters. The van der Waals surface area contributed by atoms with Crippen LogP contribution in [0, 0.1) is 0 Å². The largest absolute Gasteiger partial charge is 0.481 e. The molecule has 4 nitrogen and oxygen atoms in total. The standard InChI is InChI=1S/C17H24N2O2/c1-18-8-10-19(11-9-18)16(12-17(20)21)15-5-3-2-4-14(15)13-6-7-13/h2-5,13,16H,6-12H2,1H3,(H,20,21). The van der Waals surface area contributed by atoms with Gasteiger partial charge in [-0.25, -0.2) is 0 Å². The van der Waals surface area contributed by atoms with Crippen LogP contribution in [0.25, 0.3) is 0 Å². The number of hydrogen-bond acceptors (Lipinski definition) is 3. The van der Waals surface area contributed by atoms with E-state index in [2.05, 4.69) is 35.0 Å². The number of carboxylic acid groups (broad SMARTS) is 1. The minimum atomic E-state index is -0.704. The summed E-state index contributed by atoms with van der Waals surface area (Å²) < 4.78 is 0. The molecule has 3 rings (SSSR count). The molecule has 1 heterocycles. The van der Waals surface area contributed by atoms with Gasteiger partial charge in [-0.2, -0.15) is 0 Å². The first-order chi connectivity index (χ1) is 10.1. The number of carbonyl (C=O) groups is 1. The van der Waals surface area contributed by atoms with Crippen LogP contribution in [0.5, 0.6) is 0 Å². The van der Waals surface area contributed by atoms with Gasteiger partial charge in [0.25, 0.3) is 0 Å². The highest BCUT2D eigenvalue weighted by Gasteiger charge is 2.32. The maximum Gasteiger partial charge on any atom is 0.305 e. The Hall–Kier alpha value is -1.39. The monoisotopic (exact) mass is 288 g/mol.